The maximum atomic E-state index is 12.6. The lowest BCUT2D eigenvalue weighted by atomic mass is 9.96. The van der Waals surface area contributed by atoms with Crippen molar-refractivity contribution >= 4 is 9.84 Å². The Kier molecular flexibility index (Phi) is 3.74. The zero-order valence-electron chi connectivity index (χ0n) is 11.8. The molecule has 2 rings (SSSR count). The van der Waals surface area contributed by atoms with Crippen LogP contribution in [0, 0.1) is 0 Å². The quantitative estimate of drug-likeness (QED) is 0.226. The predicted octanol–water partition coefficient (Wildman–Crippen LogP) is -4.10. The molecule has 0 saturated heterocycles. The number of sulfone groups is 1. The molecule has 0 aromatic carbocycles. The second-order valence-corrected chi connectivity index (χ2v) is 7.53. The molecule has 0 fully saturated rings. The van der Waals surface area contributed by atoms with E-state index in [0.29, 0.717) is 12.2 Å². The molecule has 128 valence electrons. The van der Waals surface area contributed by atoms with Gasteiger partial charge in [-0.15, -0.1) is 0 Å². The van der Waals surface area contributed by atoms with Crippen molar-refractivity contribution in [2.24, 2.45) is 22.9 Å². The van der Waals surface area contributed by atoms with Gasteiger partial charge in [-0.05, 0) is 36.5 Å². The summed E-state index contributed by atoms with van der Waals surface area (Å²) in [6.07, 6.45) is 4.74. The first-order valence-electron chi connectivity index (χ1n) is 6.27. The number of hydrogen-bond acceptors (Lipinski definition) is 10. The average molecular weight is 346 g/mol. The van der Waals surface area contributed by atoms with Crippen molar-refractivity contribution in [3.63, 3.8) is 0 Å². The largest absolute Gasteiger partial charge is 0.360 e. The summed E-state index contributed by atoms with van der Waals surface area (Å²) in [6.45, 7) is 0. The molecular weight excluding hydrogens is 328 g/mol. The molecule has 0 bridgehead atoms. The van der Waals surface area contributed by atoms with Crippen LogP contribution >= 0.6 is 0 Å². The lowest BCUT2D eigenvalue weighted by Crippen LogP contribution is -2.66. The van der Waals surface area contributed by atoms with Crippen LogP contribution in [0.5, 0.6) is 0 Å². The first-order chi connectivity index (χ1) is 10.1. The molecule has 12 N–H and O–H groups in total. The molecule has 2 aliphatic carbocycles. The zero-order chi connectivity index (χ0) is 17.9. The van der Waals surface area contributed by atoms with Gasteiger partial charge in [-0.1, -0.05) is 0 Å². The monoisotopic (exact) mass is 346 g/mol. The van der Waals surface area contributed by atoms with Crippen LogP contribution in [0.25, 0.3) is 0 Å². The van der Waals surface area contributed by atoms with Crippen LogP contribution in [-0.4, -0.2) is 51.7 Å². The summed E-state index contributed by atoms with van der Waals surface area (Å²) in [5, 5.41) is 38.4. The standard InChI is InChI=1S/C12H18N4O6S/c13-9(14)5-7(1-3-11(9,17)18)23(21,22)8-2-4-12(19,20)10(15,16)6-8/h1-6,17-20H,13-16H2. The van der Waals surface area contributed by atoms with E-state index in [2.05, 4.69) is 0 Å². The van der Waals surface area contributed by atoms with Crippen LogP contribution < -0.4 is 22.9 Å². The van der Waals surface area contributed by atoms with Crippen molar-refractivity contribution in [3.8, 4) is 0 Å². The number of allylic oxidation sites excluding steroid dienone is 2. The highest BCUT2D eigenvalue weighted by Gasteiger charge is 2.46. The van der Waals surface area contributed by atoms with Crippen LogP contribution in [0.4, 0.5) is 0 Å². The van der Waals surface area contributed by atoms with Crippen molar-refractivity contribution < 1.29 is 28.8 Å². The predicted molar refractivity (Wildman–Crippen MR) is 79.9 cm³/mol. The fourth-order valence-corrected chi connectivity index (χ4v) is 3.40. The lowest BCUT2D eigenvalue weighted by molar-refractivity contribution is -0.157. The van der Waals surface area contributed by atoms with Gasteiger partial charge >= 0.3 is 0 Å². The summed E-state index contributed by atoms with van der Waals surface area (Å²) in [5.74, 6) is -5.28. The highest BCUT2D eigenvalue weighted by Crippen LogP contribution is 2.32. The van der Waals surface area contributed by atoms with Gasteiger partial charge in [0.15, 0.2) is 0 Å². The van der Waals surface area contributed by atoms with Gasteiger partial charge in [-0.2, -0.15) is 0 Å². The second-order valence-electron chi connectivity index (χ2n) is 5.58. The van der Waals surface area contributed by atoms with E-state index in [0.717, 1.165) is 24.3 Å². The number of rotatable bonds is 2. The van der Waals surface area contributed by atoms with Crippen molar-refractivity contribution in [1.82, 2.24) is 0 Å². The third-order valence-corrected chi connectivity index (χ3v) is 5.37. The Hall–Kier alpha value is -1.41. The van der Waals surface area contributed by atoms with Gasteiger partial charge in [-0.25, -0.2) is 8.42 Å². The fraction of sp³-hybridized carbons (Fsp3) is 0.333. The summed E-state index contributed by atoms with van der Waals surface area (Å²) in [7, 11) is -4.24. The molecular formula is C12H18N4O6S. The Balaban J connectivity index is 2.51. The van der Waals surface area contributed by atoms with E-state index in [9.17, 15) is 28.8 Å². The molecule has 0 aromatic rings. The third kappa shape index (κ3) is 2.78. The Morgan fingerprint density at radius 1 is 0.739 bits per heavy atom. The van der Waals surface area contributed by atoms with Crippen LogP contribution in [0.3, 0.4) is 0 Å². The molecule has 0 aromatic heterocycles. The molecule has 0 radical (unpaired) electrons. The van der Waals surface area contributed by atoms with Gasteiger partial charge < -0.3 is 43.4 Å². The highest BCUT2D eigenvalue weighted by molar-refractivity contribution is 7.99. The Morgan fingerprint density at radius 2 is 1.04 bits per heavy atom. The topological polar surface area (TPSA) is 219 Å². The van der Waals surface area contributed by atoms with E-state index < -0.39 is 42.5 Å². The van der Waals surface area contributed by atoms with Gasteiger partial charge in [0.1, 0.15) is 11.3 Å². The summed E-state index contributed by atoms with van der Waals surface area (Å²) in [4.78, 5) is -0.868. The lowest BCUT2D eigenvalue weighted by Gasteiger charge is -2.37. The molecule has 0 saturated carbocycles. The van der Waals surface area contributed by atoms with Gasteiger partial charge in [-0.3, -0.25) is 0 Å². The molecule has 0 atom stereocenters. The molecule has 0 amide bonds. The highest BCUT2D eigenvalue weighted by atomic mass is 32.2. The molecule has 23 heavy (non-hydrogen) atoms. The van der Waals surface area contributed by atoms with Crippen LogP contribution in [-0.2, 0) is 9.84 Å². The minimum atomic E-state index is -4.24. The molecule has 11 heteroatoms. The van der Waals surface area contributed by atoms with Gasteiger partial charge in [0.05, 0.1) is 9.81 Å². The summed E-state index contributed by atoms with van der Waals surface area (Å²) in [5.41, 5.74) is 17.4. The molecule has 0 aliphatic heterocycles. The van der Waals surface area contributed by atoms with E-state index >= 15 is 0 Å². The smallest absolute Gasteiger partial charge is 0.219 e. The van der Waals surface area contributed by atoms with Gasteiger partial charge in [0.25, 0.3) is 0 Å². The maximum absolute atomic E-state index is 12.6. The molecule has 10 nitrogen and oxygen atoms in total. The van der Waals surface area contributed by atoms with E-state index in [1.807, 2.05) is 0 Å². The minimum absolute atomic E-state index is 0.434. The molecule has 2 aliphatic rings. The zero-order valence-corrected chi connectivity index (χ0v) is 12.6. The Morgan fingerprint density at radius 3 is 1.30 bits per heavy atom. The summed E-state index contributed by atoms with van der Waals surface area (Å²) >= 11 is 0. The van der Waals surface area contributed by atoms with Crippen LogP contribution in [0.15, 0.2) is 46.3 Å². The van der Waals surface area contributed by atoms with Gasteiger partial charge in [0, 0.05) is 0 Å². The van der Waals surface area contributed by atoms with Crippen LogP contribution in [0.2, 0.25) is 0 Å². The third-order valence-electron chi connectivity index (χ3n) is 3.62. The van der Waals surface area contributed by atoms with E-state index in [1.165, 1.54) is 0 Å². The Bertz CT molecular complexity index is 700. The normalized spacial score (nSPS) is 27.3. The van der Waals surface area contributed by atoms with Gasteiger partial charge in [0.2, 0.25) is 21.4 Å². The van der Waals surface area contributed by atoms with Crippen molar-refractivity contribution in [2.75, 3.05) is 0 Å². The Labute approximate surface area is 131 Å². The van der Waals surface area contributed by atoms with E-state index in [1.54, 1.807) is 0 Å². The number of hydrogen-bond donors (Lipinski definition) is 8. The average Bonchev–Trinajstić information content (AvgIpc) is 2.35. The van der Waals surface area contributed by atoms with Crippen LogP contribution in [0.1, 0.15) is 0 Å². The molecule has 0 unspecified atom stereocenters. The number of aliphatic hydroxyl groups is 4. The molecule has 0 heterocycles. The first kappa shape index (κ1) is 17.9. The first-order valence-corrected chi connectivity index (χ1v) is 7.75. The van der Waals surface area contributed by atoms with Crippen molar-refractivity contribution in [3.05, 3.63) is 46.3 Å². The van der Waals surface area contributed by atoms with Crippen molar-refractivity contribution in [2.45, 2.75) is 22.9 Å². The van der Waals surface area contributed by atoms with E-state index in [-0.39, 0.29) is 0 Å². The fourth-order valence-electron chi connectivity index (χ4n) is 1.94. The SMILES string of the molecule is NC1(N)C=C(S(=O)(=O)C2=CC(N)(N)C(O)(O)C=C2)C=CC1(O)O. The number of nitrogens with two attached hydrogens (primary N) is 4. The summed E-state index contributed by atoms with van der Waals surface area (Å²) < 4.78 is 25.1. The maximum Gasteiger partial charge on any atom is 0.219 e. The van der Waals surface area contributed by atoms with E-state index in [4.69, 9.17) is 22.9 Å². The second kappa shape index (κ2) is 4.80. The summed E-state index contributed by atoms with van der Waals surface area (Å²) in [6, 6.07) is 0. The molecule has 0 spiro atoms. The minimum Gasteiger partial charge on any atom is -0.360 e. The van der Waals surface area contributed by atoms with Crippen molar-refractivity contribution in [1.29, 1.82) is 0 Å².